The maximum absolute atomic E-state index is 12.3. The topological polar surface area (TPSA) is 86.1 Å². The third-order valence-electron chi connectivity index (χ3n) is 4.08. The molecule has 7 nitrogen and oxygen atoms in total. The van der Waals surface area contributed by atoms with E-state index in [1.165, 1.54) is 11.8 Å². The van der Waals surface area contributed by atoms with E-state index in [2.05, 4.69) is 15.5 Å². The van der Waals surface area contributed by atoms with Crippen LogP contribution in [-0.4, -0.2) is 33.1 Å². The number of ether oxygens (including phenoxy) is 1. The first-order chi connectivity index (χ1) is 14.0. The van der Waals surface area contributed by atoms with Gasteiger partial charge in [-0.05, 0) is 67.2 Å². The summed E-state index contributed by atoms with van der Waals surface area (Å²) >= 11 is 1.49. The summed E-state index contributed by atoms with van der Waals surface area (Å²) in [7, 11) is 1.88. The second kappa shape index (κ2) is 9.88. The fourth-order valence-corrected chi connectivity index (χ4v) is 3.34. The summed E-state index contributed by atoms with van der Waals surface area (Å²) in [6.45, 7) is 2.48. The van der Waals surface area contributed by atoms with Crippen molar-refractivity contribution in [3.05, 3.63) is 60.4 Å². The number of hydrogen-bond acceptors (Lipinski definition) is 6. The first kappa shape index (κ1) is 20.6. The van der Waals surface area contributed by atoms with E-state index in [4.69, 9.17) is 4.74 Å². The highest BCUT2D eigenvalue weighted by atomic mass is 32.2. The SMILES string of the molecule is CCOc1ccc(C(=O)CCC(=O)Nc2ccc(Sc3nncn3C)cc2)cc1. The molecule has 29 heavy (non-hydrogen) atoms. The quantitative estimate of drug-likeness (QED) is 0.537. The van der Waals surface area contributed by atoms with Crippen LogP contribution >= 0.6 is 11.8 Å². The number of carbonyl (C=O) groups excluding carboxylic acids is 2. The predicted molar refractivity (Wildman–Crippen MR) is 111 cm³/mol. The van der Waals surface area contributed by atoms with Gasteiger partial charge in [-0.3, -0.25) is 9.59 Å². The fourth-order valence-electron chi connectivity index (χ4n) is 2.58. The van der Waals surface area contributed by atoms with Crippen molar-refractivity contribution in [2.45, 2.75) is 29.8 Å². The van der Waals surface area contributed by atoms with Crippen LogP contribution in [0.25, 0.3) is 0 Å². The Morgan fingerprint density at radius 3 is 2.41 bits per heavy atom. The lowest BCUT2D eigenvalue weighted by atomic mass is 10.1. The minimum absolute atomic E-state index is 0.0707. The number of nitrogens with zero attached hydrogens (tertiary/aromatic N) is 3. The van der Waals surface area contributed by atoms with Gasteiger partial charge < -0.3 is 14.6 Å². The van der Waals surface area contributed by atoms with Gasteiger partial charge in [-0.15, -0.1) is 10.2 Å². The maximum atomic E-state index is 12.3. The monoisotopic (exact) mass is 410 g/mol. The van der Waals surface area contributed by atoms with Crippen LogP contribution in [0, 0.1) is 0 Å². The minimum atomic E-state index is -0.196. The number of anilines is 1. The Bertz CT molecular complexity index is 968. The average molecular weight is 410 g/mol. The zero-order valence-corrected chi connectivity index (χ0v) is 17.1. The molecular weight excluding hydrogens is 388 g/mol. The minimum Gasteiger partial charge on any atom is -0.494 e. The normalized spacial score (nSPS) is 10.6. The predicted octanol–water partition coefficient (Wildman–Crippen LogP) is 3.97. The van der Waals surface area contributed by atoms with E-state index in [9.17, 15) is 9.59 Å². The lowest BCUT2D eigenvalue weighted by molar-refractivity contribution is -0.116. The number of aromatic nitrogens is 3. The van der Waals surface area contributed by atoms with Crippen molar-refractivity contribution >= 4 is 29.1 Å². The molecular formula is C21H22N4O3S. The van der Waals surface area contributed by atoms with Crippen LogP contribution in [-0.2, 0) is 11.8 Å². The Kier molecular flexibility index (Phi) is 7.02. The molecule has 1 N–H and O–H groups in total. The van der Waals surface area contributed by atoms with Crippen molar-refractivity contribution in [2.75, 3.05) is 11.9 Å². The molecule has 150 valence electrons. The third kappa shape index (κ3) is 5.92. The van der Waals surface area contributed by atoms with E-state index in [1.807, 2.05) is 42.8 Å². The largest absolute Gasteiger partial charge is 0.494 e. The van der Waals surface area contributed by atoms with E-state index in [1.54, 1.807) is 30.6 Å². The van der Waals surface area contributed by atoms with E-state index < -0.39 is 0 Å². The molecule has 3 rings (SSSR count). The lowest BCUT2D eigenvalue weighted by Gasteiger charge is -2.07. The van der Waals surface area contributed by atoms with Gasteiger partial charge in [0.1, 0.15) is 12.1 Å². The molecule has 0 aliphatic heterocycles. The molecule has 0 fully saturated rings. The Balaban J connectivity index is 1.47. The highest BCUT2D eigenvalue weighted by Gasteiger charge is 2.10. The fraction of sp³-hybridized carbons (Fsp3) is 0.238. The molecule has 2 aromatic carbocycles. The number of hydrogen-bond donors (Lipinski definition) is 1. The Morgan fingerprint density at radius 2 is 1.79 bits per heavy atom. The van der Waals surface area contributed by atoms with E-state index in [0.717, 1.165) is 15.8 Å². The molecule has 1 heterocycles. The number of rotatable bonds is 9. The van der Waals surface area contributed by atoms with Gasteiger partial charge in [-0.25, -0.2) is 0 Å². The number of ketones is 1. The molecule has 1 amide bonds. The maximum Gasteiger partial charge on any atom is 0.224 e. The van der Waals surface area contributed by atoms with Gasteiger partial charge in [0.2, 0.25) is 5.91 Å². The molecule has 0 radical (unpaired) electrons. The number of Topliss-reactive ketones (excluding diaryl/α,β-unsaturated/α-hetero) is 1. The molecule has 0 spiro atoms. The Labute approximate surface area is 173 Å². The van der Waals surface area contributed by atoms with Gasteiger partial charge >= 0.3 is 0 Å². The molecule has 3 aromatic rings. The van der Waals surface area contributed by atoms with Gasteiger partial charge in [0.25, 0.3) is 0 Å². The lowest BCUT2D eigenvalue weighted by Crippen LogP contribution is -2.13. The highest BCUT2D eigenvalue weighted by molar-refractivity contribution is 7.99. The van der Waals surface area contributed by atoms with Gasteiger partial charge in [0, 0.05) is 36.0 Å². The van der Waals surface area contributed by atoms with Crippen LogP contribution in [0.2, 0.25) is 0 Å². The van der Waals surface area contributed by atoms with E-state index in [-0.39, 0.29) is 24.5 Å². The van der Waals surface area contributed by atoms with Gasteiger partial charge in [-0.1, -0.05) is 0 Å². The molecule has 0 unspecified atom stereocenters. The molecule has 0 bridgehead atoms. The smallest absolute Gasteiger partial charge is 0.224 e. The summed E-state index contributed by atoms with van der Waals surface area (Å²) in [4.78, 5) is 25.4. The average Bonchev–Trinajstić information content (AvgIpc) is 3.13. The zero-order valence-electron chi connectivity index (χ0n) is 16.3. The van der Waals surface area contributed by atoms with Gasteiger partial charge in [0.15, 0.2) is 10.9 Å². The van der Waals surface area contributed by atoms with Crippen LogP contribution in [0.4, 0.5) is 5.69 Å². The van der Waals surface area contributed by atoms with Crippen LogP contribution in [0.5, 0.6) is 5.75 Å². The molecule has 0 saturated carbocycles. The molecule has 0 aliphatic carbocycles. The van der Waals surface area contributed by atoms with Gasteiger partial charge in [0.05, 0.1) is 6.61 Å². The first-order valence-corrected chi connectivity index (χ1v) is 10.0. The van der Waals surface area contributed by atoms with Crippen molar-refractivity contribution in [1.29, 1.82) is 0 Å². The standard InChI is InChI=1S/C21H22N4O3S/c1-3-28-17-8-4-15(5-9-17)19(26)12-13-20(27)23-16-6-10-18(11-7-16)29-21-24-22-14-25(21)2/h4-11,14H,3,12-13H2,1-2H3,(H,23,27). The number of benzene rings is 2. The number of aryl methyl sites for hydroxylation is 1. The summed E-state index contributed by atoms with van der Waals surface area (Å²) in [6, 6.07) is 14.4. The third-order valence-corrected chi connectivity index (χ3v) is 5.14. The second-order valence-electron chi connectivity index (χ2n) is 6.28. The van der Waals surface area contributed by atoms with Crippen LogP contribution < -0.4 is 10.1 Å². The van der Waals surface area contributed by atoms with E-state index in [0.29, 0.717) is 17.9 Å². The van der Waals surface area contributed by atoms with Gasteiger partial charge in [-0.2, -0.15) is 0 Å². The van der Waals surface area contributed by atoms with Crippen molar-refractivity contribution in [3.8, 4) is 5.75 Å². The van der Waals surface area contributed by atoms with Crippen molar-refractivity contribution in [2.24, 2.45) is 7.05 Å². The summed E-state index contributed by atoms with van der Waals surface area (Å²) < 4.78 is 7.20. The highest BCUT2D eigenvalue weighted by Crippen LogP contribution is 2.26. The molecule has 0 saturated heterocycles. The second-order valence-corrected chi connectivity index (χ2v) is 7.32. The number of nitrogens with one attached hydrogen (secondary N) is 1. The van der Waals surface area contributed by atoms with Crippen molar-refractivity contribution in [3.63, 3.8) is 0 Å². The summed E-state index contributed by atoms with van der Waals surface area (Å²) in [5, 5.41) is 11.5. The van der Waals surface area contributed by atoms with Crippen molar-refractivity contribution in [1.82, 2.24) is 14.8 Å². The number of carbonyl (C=O) groups is 2. The van der Waals surface area contributed by atoms with Crippen molar-refractivity contribution < 1.29 is 14.3 Å². The molecule has 1 aromatic heterocycles. The molecule has 8 heteroatoms. The van der Waals surface area contributed by atoms with Crippen LogP contribution in [0.1, 0.15) is 30.1 Å². The molecule has 0 atom stereocenters. The first-order valence-electron chi connectivity index (χ1n) is 9.23. The summed E-state index contributed by atoms with van der Waals surface area (Å²) in [6.07, 6.45) is 1.92. The number of amides is 1. The zero-order chi connectivity index (χ0) is 20.6. The summed E-state index contributed by atoms with van der Waals surface area (Å²) in [5.41, 5.74) is 1.26. The van der Waals surface area contributed by atoms with E-state index >= 15 is 0 Å². The van der Waals surface area contributed by atoms with Crippen LogP contribution in [0.3, 0.4) is 0 Å². The Hall–Kier alpha value is -3.13. The summed E-state index contributed by atoms with van der Waals surface area (Å²) in [5.74, 6) is 0.458. The Morgan fingerprint density at radius 1 is 1.07 bits per heavy atom. The molecule has 0 aliphatic rings. The van der Waals surface area contributed by atoms with Crippen LogP contribution in [0.15, 0.2) is 64.9 Å².